The molecule has 0 saturated carbocycles. The molecule has 0 aliphatic rings. The summed E-state index contributed by atoms with van der Waals surface area (Å²) in [7, 11) is 0. The average Bonchev–Trinajstić information content (AvgIpc) is 2.37. The molecule has 21 heavy (non-hydrogen) atoms. The number of benzene rings is 1. The molecule has 114 valence electrons. The molecule has 0 radical (unpaired) electrons. The SMILES string of the molecule is C=CCC(N)C(=O)Nc1ccc(C(=O)NC(C)(C)C)cc1. The van der Waals surface area contributed by atoms with Crippen molar-refractivity contribution in [3.8, 4) is 0 Å². The first-order chi connectivity index (χ1) is 9.73. The van der Waals surface area contributed by atoms with E-state index in [1.807, 2.05) is 20.8 Å². The summed E-state index contributed by atoms with van der Waals surface area (Å²) >= 11 is 0. The summed E-state index contributed by atoms with van der Waals surface area (Å²) in [5.74, 6) is -0.425. The number of rotatable bonds is 5. The van der Waals surface area contributed by atoms with Gasteiger partial charge in [0.2, 0.25) is 5.91 Å². The molecule has 0 spiro atoms. The van der Waals surface area contributed by atoms with Crippen molar-refractivity contribution < 1.29 is 9.59 Å². The summed E-state index contributed by atoms with van der Waals surface area (Å²) in [6.07, 6.45) is 2.02. The molecule has 5 nitrogen and oxygen atoms in total. The lowest BCUT2D eigenvalue weighted by Gasteiger charge is -2.20. The molecule has 0 fully saturated rings. The van der Waals surface area contributed by atoms with Crippen molar-refractivity contribution in [3.05, 3.63) is 42.5 Å². The van der Waals surface area contributed by atoms with Gasteiger partial charge in [0.15, 0.2) is 0 Å². The van der Waals surface area contributed by atoms with Crippen LogP contribution in [0.15, 0.2) is 36.9 Å². The van der Waals surface area contributed by atoms with Crippen LogP contribution < -0.4 is 16.4 Å². The Bertz CT molecular complexity index is 515. The Labute approximate surface area is 125 Å². The molecule has 1 unspecified atom stereocenters. The molecule has 1 atom stereocenters. The first-order valence-electron chi connectivity index (χ1n) is 6.83. The van der Waals surface area contributed by atoms with Crippen molar-refractivity contribution in [2.45, 2.75) is 38.8 Å². The minimum Gasteiger partial charge on any atom is -0.347 e. The number of carbonyl (C=O) groups excluding carboxylic acids is 2. The van der Waals surface area contributed by atoms with Crippen LogP contribution in [0.2, 0.25) is 0 Å². The summed E-state index contributed by atoms with van der Waals surface area (Å²) in [6, 6.07) is 6.06. The lowest BCUT2D eigenvalue weighted by atomic mass is 10.1. The van der Waals surface area contributed by atoms with Gasteiger partial charge in [-0.25, -0.2) is 0 Å². The van der Waals surface area contributed by atoms with Gasteiger partial charge >= 0.3 is 0 Å². The largest absolute Gasteiger partial charge is 0.347 e. The van der Waals surface area contributed by atoms with E-state index in [0.717, 1.165) is 0 Å². The van der Waals surface area contributed by atoms with E-state index in [1.165, 1.54) is 0 Å². The molecule has 0 aromatic heterocycles. The number of amides is 2. The van der Waals surface area contributed by atoms with Crippen LogP contribution >= 0.6 is 0 Å². The van der Waals surface area contributed by atoms with E-state index in [1.54, 1.807) is 30.3 Å². The highest BCUT2D eigenvalue weighted by molar-refractivity contribution is 5.97. The second-order valence-corrected chi connectivity index (χ2v) is 5.90. The lowest BCUT2D eigenvalue weighted by molar-refractivity contribution is -0.117. The van der Waals surface area contributed by atoms with Crippen LogP contribution in [0.1, 0.15) is 37.6 Å². The number of carbonyl (C=O) groups is 2. The van der Waals surface area contributed by atoms with E-state index < -0.39 is 6.04 Å². The smallest absolute Gasteiger partial charge is 0.251 e. The van der Waals surface area contributed by atoms with Crippen LogP contribution in [-0.2, 0) is 4.79 Å². The first kappa shape index (κ1) is 16.9. The molecule has 2 amide bonds. The Morgan fingerprint density at radius 2 is 1.86 bits per heavy atom. The third kappa shape index (κ3) is 5.79. The summed E-state index contributed by atoms with van der Waals surface area (Å²) in [5, 5.41) is 5.57. The van der Waals surface area contributed by atoms with Crippen LogP contribution in [0.3, 0.4) is 0 Å². The van der Waals surface area contributed by atoms with Gasteiger partial charge in [-0.05, 0) is 51.5 Å². The quantitative estimate of drug-likeness (QED) is 0.725. The zero-order valence-corrected chi connectivity index (χ0v) is 12.8. The molecule has 4 N–H and O–H groups in total. The Morgan fingerprint density at radius 3 is 2.33 bits per heavy atom. The van der Waals surface area contributed by atoms with Gasteiger partial charge in [0.1, 0.15) is 0 Å². The molecule has 0 saturated heterocycles. The monoisotopic (exact) mass is 289 g/mol. The predicted molar refractivity (Wildman–Crippen MR) is 85.1 cm³/mol. The predicted octanol–water partition coefficient (Wildman–Crippen LogP) is 2.06. The maximum absolute atomic E-state index is 12.0. The fourth-order valence-corrected chi connectivity index (χ4v) is 1.64. The topological polar surface area (TPSA) is 84.2 Å². The van der Waals surface area contributed by atoms with Crippen molar-refractivity contribution in [2.75, 3.05) is 5.32 Å². The zero-order chi connectivity index (χ0) is 16.0. The third-order valence-electron chi connectivity index (χ3n) is 2.66. The summed E-state index contributed by atoms with van der Waals surface area (Å²) in [6.45, 7) is 9.30. The Balaban J connectivity index is 2.68. The van der Waals surface area contributed by atoms with Crippen LogP contribution in [0.25, 0.3) is 0 Å². The lowest BCUT2D eigenvalue weighted by Crippen LogP contribution is -2.40. The minimum atomic E-state index is -0.619. The number of anilines is 1. The van der Waals surface area contributed by atoms with Gasteiger partial charge in [-0.1, -0.05) is 6.08 Å². The number of hydrogen-bond donors (Lipinski definition) is 3. The fourth-order valence-electron chi connectivity index (χ4n) is 1.64. The molecule has 1 rings (SSSR count). The molecule has 1 aromatic carbocycles. The van der Waals surface area contributed by atoms with Gasteiger partial charge < -0.3 is 16.4 Å². The maximum Gasteiger partial charge on any atom is 0.251 e. The van der Waals surface area contributed by atoms with Gasteiger partial charge in [-0.15, -0.1) is 6.58 Å². The van der Waals surface area contributed by atoms with Gasteiger partial charge in [0.05, 0.1) is 6.04 Å². The standard InChI is InChI=1S/C16H23N3O2/c1-5-6-13(17)15(21)18-12-9-7-11(8-10-12)14(20)19-16(2,3)4/h5,7-10,13H,1,6,17H2,2-4H3,(H,18,21)(H,19,20). The highest BCUT2D eigenvalue weighted by Crippen LogP contribution is 2.11. The molecular weight excluding hydrogens is 266 g/mol. The molecule has 0 aliphatic carbocycles. The molecule has 5 heteroatoms. The van der Waals surface area contributed by atoms with E-state index >= 15 is 0 Å². The van der Waals surface area contributed by atoms with Gasteiger partial charge in [0.25, 0.3) is 5.91 Å². The van der Waals surface area contributed by atoms with E-state index in [2.05, 4.69) is 17.2 Å². The van der Waals surface area contributed by atoms with E-state index in [0.29, 0.717) is 17.7 Å². The second-order valence-electron chi connectivity index (χ2n) is 5.90. The van der Waals surface area contributed by atoms with E-state index in [4.69, 9.17) is 5.73 Å². The van der Waals surface area contributed by atoms with Gasteiger partial charge in [0, 0.05) is 16.8 Å². The summed E-state index contributed by atoms with van der Waals surface area (Å²) in [4.78, 5) is 23.7. The fraction of sp³-hybridized carbons (Fsp3) is 0.375. The van der Waals surface area contributed by atoms with Gasteiger partial charge in [-0.2, -0.15) is 0 Å². The summed E-state index contributed by atoms with van der Waals surface area (Å²) in [5.41, 5.74) is 6.53. The molecule has 0 aliphatic heterocycles. The van der Waals surface area contributed by atoms with Crippen molar-refractivity contribution in [1.29, 1.82) is 0 Å². The summed E-state index contributed by atoms with van der Waals surface area (Å²) < 4.78 is 0. The van der Waals surface area contributed by atoms with E-state index in [9.17, 15) is 9.59 Å². The van der Waals surface area contributed by atoms with Crippen molar-refractivity contribution in [1.82, 2.24) is 5.32 Å². The first-order valence-corrected chi connectivity index (χ1v) is 6.83. The van der Waals surface area contributed by atoms with Crippen molar-refractivity contribution in [3.63, 3.8) is 0 Å². The van der Waals surface area contributed by atoms with Gasteiger partial charge in [-0.3, -0.25) is 9.59 Å². The van der Waals surface area contributed by atoms with Crippen LogP contribution in [-0.4, -0.2) is 23.4 Å². The number of nitrogens with two attached hydrogens (primary N) is 1. The Morgan fingerprint density at radius 1 is 1.29 bits per heavy atom. The van der Waals surface area contributed by atoms with Crippen molar-refractivity contribution >= 4 is 17.5 Å². The second kappa shape index (κ2) is 7.04. The zero-order valence-electron chi connectivity index (χ0n) is 12.8. The highest BCUT2D eigenvalue weighted by atomic mass is 16.2. The normalized spacial score (nSPS) is 12.4. The third-order valence-corrected chi connectivity index (χ3v) is 2.66. The highest BCUT2D eigenvalue weighted by Gasteiger charge is 2.15. The Hall–Kier alpha value is -2.14. The molecule has 1 aromatic rings. The number of hydrogen-bond acceptors (Lipinski definition) is 3. The van der Waals surface area contributed by atoms with Crippen molar-refractivity contribution in [2.24, 2.45) is 5.73 Å². The molecule has 0 heterocycles. The van der Waals surface area contributed by atoms with Crippen LogP contribution in [0, 0.1) is 0 Å². The minimum absolute atomic E-state index is 0.149. The van der Waals surface area contributed by atoms with E-state index in [-0.39, 0.29) is 17.4 Å². The molecular formula is C16H23N3O2. The van der Waals surface area contributed by atoms with Crippen LogP contribution in [0.5, 0.6) is 0 Å². The maximum atomic E-state index is 12.0. The molecule has 0 bridgehead atoms. The van der Waals surface area contributed by atoms with Crippen LogP contribution in [0.4, 0.5) is 5.69 Å². The average molecular weight is 289 g/mol. The number of nitrogens with one attached hydrogen (secondary N) is 2. The Kier molecular flexibility index (Phi) is 5.67.